The first-order valence-corrected chi connectivity index (χ1v) is 7.17. The highest BCUT2D eigenvalue weighted by atomic mass is 16.5. The summed E-state index contributed by atoms with van der Waals surface area (Å²) < 4.78 is 5.57. The molecule has 0 aliphatic rings. The van der Waals surface area contributed by atoms with Gasteiger partial charge in [0.05, 0.1) is 6.61 Å². The van der Waals surface area contributed by atoms with Gasteiger partial charge in [-0.25, -0.2) is 0 Å². The highest BCUT2D eigenvalue weighted by Gasteiger charge is 2.07. The van der Waals surface area contributed by atoms with Gasteiger partial charge in [0.2, 0.25) is 0 Å². The van der Waals surface area contributed by atoms with E-state index in [0.29, 0.717) is 5.92 Å². The summed E-state index contributed by atoms with van der Waals surface area (Å²) in [4.78, 5) is 2.36. The molecule has 108 valence electrons. The van der Waals surface area contributed by atoms with Gasteiger partial charge < -0.3 is 15.4 Å². The molecule has 0 bridgehead atoms. The molecule has 0 aliphatic heterocycles. The van der Waals surface area contributed by atoms with Crippen LogP contribution in [0.5, 0.6) is 5.75 Å². The number of hydrogen-bond acceptors (Lipinski definition) is 3. The van der Waals surface area contributed by atoms with Crippen LogP contribution in [0.1, 0.15) is 31.4 Å². The summed E-state index contributed by atoms with van der Waals surface area (Å²) in [5, 5.41) is 0. The van der Waals surface area contributed by atoms with Gasteiger partial charge in [-0.15, -0.1) is 0 Å². The predicted octanol–water partition coefficient (Wildman–Crippen LogP) is 2.81. The molecule has 1 atom stereocenters. The van der Waals surface area contributed by atoms with E-state index < -0.39 is 0 Å². The Balaban J connectivity index is 2.54. The zero-order valence-corrected chi connectivity index (χ0v) is 12.8. The number of benzene rings is 1. The number of aryl methyl sites for hydroxylation is 1. The van der Waals surface area contributed by atoms with E-state index in [1.54, 1.807) is 0 Å². The highest BCUT2D eigenvalue weighted by Crippen LogP contribution is 2.20. The fraction of sp³-hybridized carbons (Fsp3) is 0.625. The second-order valence-electron chi connectivity index (χ2n) is 5.41. The molecule has 0 radical (unpaired) electrons. The van der Waals surface area contributed by atoms with Crippen molar-refractivity contribution in [2.75, 3.05) is 26.7 Å². The van der Waals surface area contributed by atoms with Crippen LogP contribution in [-0.4, -0.2) is 31.6 Å². The van der Waals surface area contributed by atoms with Gasteiger partial charge in [-0.05, 0) is 57.0 Å². The van der Waals surface area contributed by atoms with Crippen LogP contribution < -0.4 is 10.5 Å². The average Bonchev–Trinajstić information content (AvgIpc) is 2.32. The zero-order valence-electron chi connectivity index (χ0n) is 12.8. The normalized spacial score (nSPS) is 12.7. The van der Waals surface area contributed by atoms with E-state index in [-0.39, 0.29) is 0 Å². The third-order valence-electron chi connectivity index (χ3n) is 3.27. The van der Waals surface area contributed by atoms with E-state index in [2.05, 4.69) is 44.0 Å². The van der Waals surface area contributed by atoms with Crippen LogP contribution >= 0.6 is 0 Å². The Morgan fingerprint density at radius 2 is 2.11 bits per heavy atom. The summed E-state index contributed by atoms with van der Waals surface area (Å²) in [5.74, 6) is 1.64. The molecule has 1 unspecified atom stereocenters. The van der Waals surface area contributed by atoms with Crippen LogP contribution in [0.3, 0.4) is 0 Å². The molecule has 0 amide bonds. The molecule has 19 heavy (non-hydrogen) atoms. The Hall–Kier alpha value is -1.06. The van der Waals surface area contributed by atoms with Gasteiger partial charge in [0, 0.05) is 13.1 Å². The van der Waals surface area contributed by atoms with Crippen molar-refractivity contribution in [2.24, 2.45) is 11.7 Å². The van der Waals surface area contributed by atoms with Gasteiger partial charge in [0.15, 0.2) is 0 Å². The lowest BCUT2D eigenvalue weighted by Gasteiger charge is -2.21. The molecule has 3 nitrogen and oxygen atoms in total. The molecule has 1 aromatic rings. The van der Waals surface area contributed by atoms with Crippen LogP contribution in [0.2, 0.25) is 0 Å². The molecule has 3 heteroatoms. The lowest BCUT2D eigenvalue weighted by atomic mass is 10.1. The smallest absolute Gasteiger partial charge is 0.122 e. The van der Waals surface area contributed by atoms with Crippen LogP contribution in [-0.2, 0) is 6.54 Å². The Kier molecular flexibility index (Phi) is 6.89. The largest absolute Gasteiger partial charge is 0.494 e. The maximum Gasteiger partial charge on any atom is 0.122 e. The second-order valence-corrected chi connectivity index (χ2v) is 5.41. The lowest BCUT2D eigenvalue weighted by Crippen LogP contribution is -2.25. The number of hydrogen-bond donors (Lipinski definition) is 1. The van der Waals surface area contributed by atoms with Gasteiger partial charge in [-0.2, -0.15) is 0 Å². The van der Waals surface area contributed by atoms with E-state index in [1.165, 1.54) is 11.1 Å². The summed E-state index contributed by atoms with van der Waals surface area (Å²) in [7, 11) is 2.17. The molecule has 0 aliphatic carbocycles. The highest BCUT2D eigenvalue weighted by molar-refractivity contribution is 5.36. The van der Waals surface area contributed by atoms with Crippen molar-refractivity contribution in [1.82, 2.24) is 4.90 Å². The van der Waals surface area contributed by atoms with Gasteiger partial charge >= 0.3 is 0 Å². The average molecular weight is 264 g/mol. The topological polar surface area (TPSA) is 38.5 Å². The van der Waals surface area contributed by atoms with Crippen molar-refractivity contribution in [1.29, 1.82) is 0 Å². The summed E-state index contributed by atoms with van der Waals surface area (Å²) in [5.41, 5.74) is 8.14. The molecule has 2 N–H and O–H groups in total. The van der Waals surface area contributed by atoms with Gasteiger partial charge in [0.1, 0.15) is 5.75 Å². The molecule has 1 aromatic carbocycles. The molecular formula is C16H28N2O. The third kappa shape index (κ3) is 5.62. The molecule has 0 aromatic heterocycles. The molecule has 0 fully saturated rings. The van der Waals surface area contributed by atoms with Crippen LogP contribution in [0.4, 0.5) is 0 Å². The van der Waals surface area contributed by atoms with Crippen LogP contribution in [0.25, 0.3) is 0 Å². The Morgan fingerprint density at radius 3 is 2.68 bits per heavy atom. The third-order valence-corrected chi connectivity index (χ3v) is 3.27. The zero-order chi connectivity index (χ0) is 14.3. The second kappa shape index (κ2) is 8.18. The summed E-state index contributed by atoms with van der Waals surface area (Å²) in [6, 6.07) is 6.45. The molecule has 0 spiro atoms. The van der Waals surface area contributed by atoms with Gasteiger partial charge in [0.25, 0.3) is 0 Å². The lowest BCUT2D eigenvalue weighted by molar-refractivity contribution is 0.272. The fourth-order valence-corrected chi connectivity index (χ4v) is 2.41. The van der Waals surface area contributed by atoms with E-state index in [1.807, 2.05) is 6.92 Å². The standard InChI is InChI=1S/C16H28N2O/c1-5-19-16-7-6-15(10-14(16)3)12-18(4)11-13(2)8-9-17/h6-7,10,13H,5,8-9,11-12,17H2,1-4H3. The van der Waals surface area contributed by atoms with E-state index >= 15 is 0 Å². The first-order chi connectivity index (χ1) is 9.06. The Morgan fingerprint density at radius 1 is 1.37 bits per heavy atom. The first kappa shape index (κ1) is 16.0. The maximum atomic E-state index is 5.59. The van der Waals surface area contributed by atoms with Gasteiger partial charge in [-0.1, -0.05) is 19.1 Å². The molecule has 0 heterocycles. The van der Waals surface area contributed by atoms with Crippen molar-refractivity contribution in [2.45, 2.75) is 33.7 Å². The number of rotatable bonds is 8. The van der Waals surface area contributed by atoms with E-state index in [0.717, 1.165) is 38.4 Å². The van der Waals surface area contributed by atoms with Crippen molar-refractivity contribution in [3.63, 3.8) is 0 Å². The summed E-state index contributed by atoms with van der Waals surface area (Å²) in [6.07, 6.45) is 1.09. The van der Waals surface area contributed by atoms with Crippen molar-refractivity contribution < 1.29 is 4.74 Å². The SMILES string of the molecule is CCOc1ccc(CN(C)CC(C)CCN)cc1C. The number of ether oxygens (including phenoxy) is 1. The van der Waals surface area contributed by atoms with Crippen molar-refractivity contribution >= 4 is 0 Å². The van der Waals surface area contributed by atoms with Crippen molar-refractivity contribution in [3.8, 4) is 5.75 Å². The minimum Gasteiger partial charge on any atom is -0.494 e. The molecular weight excluding hydrogens is 236 g/mol. The Bertz CT molecular complexity index is 379. The quantitative estimate of drug-likeness (QED) is 0.784. The monoisotopic (exact) mass is 264 g/mol. The van der Waals surface area contributed by atoms with E-state index in [4.69, 9.17) is 10.5 Å². The number of nitrogens with zero attached hydrogens (tertiary/aromatic N) is 1. The van der Waals surface area contributed by atoms with Crippen LogP contribution in [0.15, 0.2) is 18.2 Å². The minimum atomic E-state index is 0.652. The minimum absolute atomic E-state index is 0.652. The van der Waals surface area contributed by atoms with E-state index in [9.17, 15) is 0 Å². The Labute approximate surface area is 117 Å². The van der Waals surface area contributed by atoms with Crippen LogP contribution in [0, 0.1) is 12.8 Å². The fourth-order valence-electron chi connectivity index (χ4n) is 2.41. The number of nitrogens with two attached hydrogens (primary N) is 1. The maximum absolute atomic E-state index is 5.59. The molecule has 0 saturated carbocycles. The summed E-state index contributed by atoms with van der Waals surface area (Å²) >= 11 is 0. The summed E-state index contributed by atoms with van der Waals surface area (Å²) in [6.45, 7) is 9.93. The van der Waals surface area contributed by atoms with Gasteiger partial charge in [-0.3, -0.25) is 0 Å². The molecule has 1 rings (SSSR count). The predicted molar refractivity (Wildman–Crippen MR) is 81.5 cm³/mol. The van der Waals surface area contributed by atoms with Crippen molar-refractivity contribution in [3.05, 3.63) is 29.3 Å². The first-order valence-electron chi connectivity index (χ1n) is 7.17. The molecule has 0 saturated heterocycles.